The fourth-order valence-electron chi connectivity index (χ4n) is 3.08. The number of rotatable bonds is 5. The van der Waals surface area contributed by atoms with Gasteiger partial charge >= 0.3 is 5.97 Å². The van der Waals surface area contributed by atoms with Crippen LogP contribution in [0.15, 0.2) is 35.7 Å². The summed E-state index contributed by atoms with van der Waals surface area (Å²) in [5.41, 5.74) is 1.65. The number of nitrogens with zero attached hydrogens (tertiary/aromatic N) is 3. The number of β-lactam (4-membered cyclic amide) rings is 1. The van der Waals surface area contributed by atoms with Crippen LogP contribution in [0.2, 0.25) is 0 Å². The highest BCUT2D eigenvalue weighted by atomic mass is 16.6. The van der Waals surface area contributed by atoms with E-state index in [2.05, 4.69) is 0 Å². The molecule has 0 unspecified atom stereocenters. The summed E-state index contributed by atoms with van der Waals surface area (Å²) < 4.78 is 5.29. The summed E-state index contributed by atoms with van der Waals surface area (Å²) in [6.45, 7) is 4.47. The molecule has 1 atom stereocenters. The second-order valence-corrected chi connectivity index (χ2v) is 5.67. The molecule has 8 nitrogen and oxygen atoms in total. The molecule has 1 aromatic rings. The van der Waals surface area contributed by atoms with Crippen LogP contribution in [0.25, 0.3) is 0 Å². The van der Waals surface area contributed by atoms with E-state index < -0.39 is 10.9 Å². The highest BCUT2D eigenvalue weighted by Gasteiger charge is 2.50. The fourth-order valence-corrected chi connectivity index (χ4v) is 3.08. The SMILES string of the molecule is CCN1C(C)=C(C(=O)OCc2ccc([N+](=O)[O-])cc2)N2C(=O)C[C@H]12. The van der Waals surface area contributed by atoms with Gasteiger partial charge in [0.15, 0.2) is 5.70 Å². The number of allylic oxidation sites excluding steroid dienone is 1. The Morgan fingerprint density at radius 2 is 2.04 bits per heavy atom. The number of hydrogen-bond acceptors (Lipinski definition) is 6. The largest absolute Gasteiger partial charge is 0.456 e. The molecule has 1 saturated heterocycles. The highest BCUT2D eigenvalue weighted by Crippen LogP contribution is 2.38. The molecule has 3 rings (SSSR count). The second-order valence-electron chi connectivity index (χ2n) is 5.67. The van der Waals surface area contributed by atoms with E-state index in [9.17, 15) is 19.7 Å². The van der Waals surface area contributed by atoms with E-state index in [4.69, 9.17) is 4.74 Å². The summed E-state index contributed by atoms with van der Waals surface area (Å²) in [4.78, 5) is 37.8. The van der Waals surface area contributed by atoms with Crippen molar-refractivity contribution in [2.45, 2.75) is 33.0 Å². The summed E-state index contributed by atoms with van der Waals surface area (Å²) >= 11 is 0. The van der Waals surface area contributed by atoms with Crippen LogP contribution in [0.5, 0.6) is 0 Å². The zero-order valence-electron chi connectivity index (χ0n) is 13.4. The minimum atomic E-state index is -0.556. The maximum atomic E-state index is 12.4. The Labute approximate surface area is 138 Å². The number of amides is 1. The zero-order chi connectivity index (χ0) is 17.4. The molecule has 1 fully saturated rings. The molecule has 0 saturated carbocycles. The highest BCUT2D eigenvalue weighted by molar-refractivity contribution is 5.98. The van der Waals surface area contributed by atoms with Crippen molar-refractivity contribution in [2.24, 2.45) is 0 Å². The summed E-state index contributed by atoms with van der Waals surface area (Å²) in [5.74, 6) is -0.641. The monoisotopic (exact) mass is 331 g/mol. The first kappa shape index (κ1) is 16.0. The summed E-state index contributed by atoms with van der Waals surface area (Å²) in [6.07, 6.45) is 0.328. The molecule has 1 aromatic carbocycles. The first-order chi connectivity index (χ1) is 11.4. The number of nitro groups is 1. The molecule has 8 heteroatoms. The lowest BCUT2D eigenvalue weighted by molar-refractivity contribution is -0.384. The molecular formula is C16H17N3O5. The van der Waals surface area contributed by atoms with E-state index in [0.29, 0.717) is 24.2 Å². The normalized spacial score (nSPS) is 19.2. The lowest BCUT2D eigenvalue weighted by Gasteiger charge is -2.40. The second kappa shape index (κ2) is 5.95. The summed E-state index contributed by atoms with van der Waals surface area (Å²) in [7, 11) is 0. The molecular weight excluding hydrogens is 314 g/mol. The van der Waals surface area contributed by atoms with Gasteiger partial charge in [-0.25, -0.2) is 4.79 Å². The van der Waals surface area contributed by atoms with Crippen molar-refractivity contribution in [3.8, 4) is 0 Å². The van der Waals surface area contributed by atoms with Gasteiger partial charge in [0, 0.05) is 24.4 Å². The van der Waals surface area contributed by atoms with Crippen molar-refractivity contribution in [3.63, 3.8) is 0 Å². The molecule has 0 bridgehead atoms. The van der Waals surface area contributed by atoms with Crippen molar-refractivity contribution in [1.29, 1.82) is 0 Å². The molecule has 2 heterocycles. The summed E-state index contributed by atoms with van der Waals surface area (Å²) in [6, 6.07) is 5.79. The Balaban J connectivity index is 1.69. The van der Waals surface area contributed by atoms with E-state index in [1.807, 2.05) is 11.8 Å². The maximum Gasteiger partial charge on any atom is 0.357 e. The van der Waals surface area contributed by atoms with E-state index in [1.54, 1.807) is 6.92 Å². The lowest BCUT2D eigenvalue weighted by Crippen LogP contribution is -2.55. The number of fused-ring (bicyclic) bond motifs is 1. The minimum Gasteiger partial charge on any atom is -0.456 e. The lowest BCUT2D eigenvalue weighted by atomic mass is 10.1. The fraction of sp³-hybridized carbons (Fsp3) is 0.375. The standard InChI is InChI=1S/C16H17N3O5/c1-3-17-10(2)15(18-13(17)8-14(18)20)16(21)24-9-11-4-6-12(7-5-11)19(22)23/h4-7,13H,3,8-9H2,1-2H3/t13-/m1/s1. The molecule has 24 heavy (non-hydrogen) atoms. The number of carbonyl (C=O) groups excluding carboxylic acids is 2. The van der Waals surface area contributed by atoms with Gasteiger partial charge in [0.05, 0.1) is 11.3 Å². The van der Waals surface area contributed by atoms with Crippen molar-refractivity contribution < 1.29 is 19.2 Å². The van der Waals surface area contributed by atoms with Gasteiger partial charge in [-0.05, 0) is 31.5 Å². The smallest absolute Gasteiger partial charge is 0.357 e. The van der Waals surface area contributed by atoms with Crippen LogP contribution in [-0.2, 0) is 20.9 Å². The number of hydrogen-bond donors (Lipinski definition) is 0. The number of nitro benzene ring substituents is 1. The molecule has 0 aromatic heterocycles. The Bertz CT molecular complexity index is 741. The van der Waals surface area contributed by atoms with Crippen LogP contribution in [0.3, 0.4) is 0 Å². The number of esters is 1. The van der Waals surface area contributed by atoms with Crippen LogP contribution in [0.4, 0.5) is 5.69 Å². The first-order valence-corrected chi connectivity index (χ1v) is 7.64. The van der Waals surface area contributed by atoms with Gasteiger partial charge < -0.3 is 9.64 Å². The van der Waals surface area contributed by atoms with E-state index in [-0.39, 0.29) is 24.4 Å². The number of non-ortho nitro benzene ring substituents is 1. The van der Waals surface area contributed by atoms with Gasteiger partial charge in [0.25, 0.3) is 5.69 Å². The topological polar surface area (TPSA) is 93.0 Å². The Hall–Kier alpha value is -2.90. The minimum absolute atomic E-state index is 0.00751. The van der Waals surface area contributed by atoms with Crippen LogP contribution in [0.1, 0.15) is 25.8 Å². The predicted molar refractivity (Wildman–Crippen MR) is 83.2 cm³/mol. The van der Waals surface area contributed by atoms with E-state index >= 15 is 0 Å². The van der Waals surface area contributed by atoms with Crippen molar-refractivity contribution in [3.05, 3.63) is 51.3 Å². The number of ether oxygens (including phenoxy) is 1. The van der Waals surface area contributed by atoms with Gasteiger partial charge in [-0.2, -0.15) is 0 Å². The van der Waals surface area contributed by atoms with Crippen molar-refractivity contribution >= 4 is 17.6 Å². The molecule has 2 aliphatic rings. The molecule has 126 valence electrons. The van der Waals surface area contributed by atoms with Crippen LogP contribution >= 0.6 is 0 Å². The maximum absolute atomic E-state index is 12.4. The average Bonchev–Trinajstić information content (AvgIpc) is 2.80. The third-order valence-electron chi connectivity index (χ3n) is 4.35. The Morgan fingerprint density at radius 1 is 1.38 bits per heavy atom. The van der Waals surface area contributed by atoms with Crippen LogP contribution in [0, 0.1) is 10.1 Å². The summed E-state index contributed by atoms with van der Waals surface area (Å²) in [5, 5.41) is 10.6. The molecule has 2 aliphatic heterocycles. The molecule has 0 radical (unpaired) electrons. The number of benzene rings is 1. The van der Waals surface area contributed by atoms with Gasteiger partial charge in [-0.3, -0.25) is 19.8 Å². The molecule has 0 spiro atoms. The van der Waals surface area contributed by atoms with Gasteiger partial charge in [0.1, 0.15) is 12.8 Å². The first-order valence-electron chi connectivity index (χ1n) is 7.64. The molecule has 0 aliphatic carbocycles. The van der Waals surface area contributed by atoms with Crippen molar-refractivity contribution in [1.82, 2.24) is 9.80 Å². The predicted octanol–water partition coefficient (Wildman–Crippen LogP) is 1.76. The quantitative estimate of drug-likeness (QED) is 0.353. The molecule has 0 N–H and O–H groups in total. The van der Waals surface area contributed by atoms with Crippen LogP contribution < -0.4 is 0 Å². The third kappa shape index (κ3) is 2.49. The van der Waals surface area contributed by atoms with Crippen LogP contribution in [-0.4, -0.2) is 39.3 Å². The van der Waals surface area contributed by atoms with Gasteiger partial charge in [-0.15, -0.1) is 0 Å². The Morgan fingerprint density at radius 3 is 2.58 bits per heavy atom. The Kier molecular flexibility index (Phi) is 3.96. The van der Waals surface area contributed by atoms with Gasteiger partial charge in [0.2, 0.25) is 5.91 Å². The number of carbonyl (C=O) groups is 2. The average molecular weight is 331 g/mol. The molecule has 1 amide bonds. The van der Waals surface area contributed by atoms with E-state index in [0.717, 1.165) is 5.70 Å². The van der Waals surface area contributed by atoms with Crippen molar-refractivity contribution in [2.75, 3.05) is 6.54 Å². The third-order valence-corrected chi connectivity index (χ3v) is 4.35. The zero-order valence-corrected chi connectivity index (χ0v) is 13.4. The van der Waals surface area contributed by atoms with E-state index in [1.165, 1.54) is 29.2 Å². The van der Waals surface area contributed by atoms with Gasteiger partial charge in [-0.1, -0.05) is 0 Å².